The Morgan fingerprint density at radius 1 is 1.31 bits per heavy atom. The molecule has 3 rings (SSSR count). The van der Waals surface area contributed by atoms with Gasteiger partial charge in [-0.1, -0.05) is 0 Å². The highest BCUT2D eigenvalue weighted by atomic mass is 14.9. The molecule has 0 radical (unpaired) electrons. The smallest absolute Gasteiger partial charge is 0.0732 e. The number of nitrogens with zero attached hydrogens (tertiary/aromatic N) is 2. The molecule has 1 atom stereocenters. The molecule has 1 aliphatic heterocycles. The summed E-state index contributed by atoms with van der Waals surface area (Å²) < 4.78 is 0. The van der Waals surface area contributed by atoms with Crippen LogP contribution in [0.1, 0.15) is 24.3 Å². The molecular weight excluding hydrogens is 198 g/mol. The number of hydrogen-bond donors (Lipinski definition) is 1. The van der Waals surface area contributed by atoms with Crippen molar-refractivity contribution in [2.75, 3.05) is 13.1 Å². The summed E-state index contributed by atoms with van der Waals surface area (Å²) in [6, 6.07) is 4.19. The molecule has 3 nitrogen and oxygen atoms in total. The normalized spacial score (nSPS) is 21.1. The van der Waals surface area contributed by atoms with Gasteiger partial charge in [-0.25, -0.2) is 0 Å². The van der Waals surface area contributed by atoms with Gasteiger partial charge in [0.15, 0.2) is 0 Å². The molecule has 0 amide bonds. The molecule has 1 N–H and O–H groups in total. The molecule has 3 heteroatoms. The van der Waals surface area contributed by atoms with Crippen LogP contribution in [0.15, 0.2) is 30.7 Å². The van der Waals surface area contributed by atoms with Gasteiger partial charge in [-0.15, -0.1) is 0 Å². The van der Waals surface area contributed by atoms with E-state index in [2.05, 4.69) is 21.4 Å². The van der Waals surface area contributed by atoms with Crippen molar-refractivity contribution < 1.29 is 0 Å². The number of nitrogens with one attached hydrogen (secondary N) is 1. The SMILES string of the molecule is c1cc2ncc(C3CCCNC3)cc2cn1. The van der Waals surface area contributed by atoms with Crippen LogP contribution in [-0.2, 0) is 0 Å². The molecule has 16 heavy (non-hydrogen) atoms. The summed E-state index contributed by atoms with van der Waals surface area (Å²) in [6.07, 6.45) is 8.22. The van der Waals surface area contributed by atoms with Gasteiger partial charge in [0, 0.05) is 30.5 Å². The van der Waals surface area contributed by atoms with Gasteiger partial charge >= 0.3 is 0 Å². The summed E-state index contributed by atoms with van der Waals surface area (Å²) in [7, 11) is 0. The second kappa shape index (κ2) is 4.18. The average Bonchev–Trinajstić information content (AvgIpc) is 2.39. The van der Waals surface area contributed by atoms with Crippen molar-refractivity contribution in [3.05, 3.63) is 36.3 Å². The third-order valence-corrected chi connectivity index (χ3v) is 3.27. The van der Waals surface area contributed by atoms with Crippen molar-refractivity contribution in [2.24, 2.45) is 0 Å². The summed E-state index contributed by atoms with van der Waals surface area (Å²) in [4.78, 5) is 8.63. The number of aromatic nitrogens is 2. The molecule has 0 aliphatic carbocycles. The maximum atomic E-state index is 4.49. The molecule has 1 saturated heterocycles. The first-order valence-corrected chi connectivity index (χ1v) is 5.84. The topological polar surface area (TPSA) is 37.8 Å². The van der Waals surface area contributed by atoms with Crippen LogP contribution in [0.5, 0.6) is 0 Å². The van der Waals surface area contributed by atoms with E-state index in [1.807, 2.05) is 18.5 Å². The predicted octanol–water partition coefficient (Wildman–Crippen LogP) is 2.10. The third kappa shape index (κ3) is 1.78. The number of piperidine rings is 1. The predicted molar refractivity (Wildman–Crippen MR) is 64.4 cm³/mol. The largest absolute Gasteiger partial charge is 0.316 e. The molecule has 1 fully saturated rings. The van der Waals surface area contributed by atoms with E-state index in [1.54, 1.807) is 6.20 Å². The first-order valence-electron chi connectivity index (χ1n) is 5.84. The van der Waals surface area contributed by atoms with Gasteiger partial charge in [-0.2, -0.15) is 0 Å². The zero-order chi connectivity index (χ0) is 10.8. The fourth-order valence-corrected chi connectivity index (χ4v) is 2.35. The van der Waals surface area contributed by atoms with Gasteiger partial charge in [-0.3, -0.25) is 9.97 Å². The summed E-state index contributed by atoms with van der Waals surface area (Å²) in [5.74, 6) is 0.617. The summed E-state index contributed by atoms with van der Waals surface area (Å²) in [5, 5.41) is 4.58. The Labute approximate surface area is 94.9 Å². The van der Waals surface area contributed by atoms with Crippen LogP contribution in [0.25, 0.3) is 10.9 Å². The fraction of sp³-hybridized carbons (Fsp3) is 0.385. The van der Waals surface area contributed by atoms with E-state index in [1.165, 1.54) is 18.4 Å². The summed E-state index contributed by atoms with van der Waals surface area (Å²) in [5.41, 5.74) is 2.37. The standard InChI is InChI=1S/C13H15N3/c1-2-10(7-14-4-1)11-6-12-8-15-5-3-13(12)16-9-11/h3,5-6,8-10,14H,1-2,4,7H2. The third-order valence-electron chi connectivity index (χ3n) is 3.27. The van der Waals surface area contributed by atoms with E-state index >= 15 is 0 Å². The highest BCUT2D eigenvalue weighted by Crippen LogP contribution is 2.24. The van der Waals surface area contributed by atoms with Crippen LogP contribution in [0.4, 0.5) is 0 Å². The van der Waals surface area contributed by atoms with E-state index < -0.39 is 0 Å². The molecule has 2 aromatic heterocycles. The second-order valence-electron chi connectivity index (χ2n) is 4.38. The van der Waals surface area contributed by atoms with E-state index in [9.17, 15) is 0 Å². The van der Waals surface area contributed by atoms with Crippen LogP contribution >= 0.6 is 0 Å². The average molecular weight is 213 g/mol. The Morgan fingerprint density at radius 3 is 3.19 bits per heavy atom. The first kappa shape index (κ1) is 9.73. The molecule has 82 valence electrons. The Bertz CT molecular complexity index is 489. The van der Waals surface area contributed by atoms with Gasteiger partial charge in [0.05, 0.1) is 5.52 Å². The van der Waals surface area contributed by atoms with Gasteiger partial charge in [0.1, 0.15) is 0 Å². The van der Waals surface area contributed by atoms with Gasteiger partial charge in [0.25, 0.3) is 0 Å². The van der Waals surface area contributed by atoms with E-state index in [0.717, 1.165) is 24.0 Å². The molecule has 0 bridgehead atoms. The van der Waals surface area contributed by atoms with Gasteiger partial charge in [-0.05, 0) is 43.0 Å². The lowest BCUT2D eigenvalue weighted by Crippen LogP contribution is -2.28. The van der Waals surface area contributed by atoms with Crippen LogP contribution in [0, 0.1) is 0 Å². The summed E-state index contributed by atoms with van der Waals surface area (Å²) >= 11 is 0. The van der Waals surface area contributed by atoms with Gasteiger partial charge in [0.2, 0.25) is 0 Å². The number of rotatable bonds is 1. The zero-order valence-corrected chi connectivity index (χ0v) is 9.19. The molecule has 1 aliphatic rings. The van der Waals surface area contributed by atoms with Gasteiger partial charge < -0.3 is 5.32 Å². The van der Waals surface area contributed by atoms with Crippen molar-refractivity contribution in [1.82, 2.24) is 15.3 Å². The van der Waals surface area contributed by atoms with E-state index in [0.29, 0.717) is 5.92 Å². The van der Waals surface area contributed by atoms with Crippen molar-refractivity contribution >= 4 is 10.9 Å². The lowest BCUT2D eigenvalue weighted by molar-refractivity contribution is 0.461. The molecule has 0 aromatic carbocycles. The maximum absolute atomic E-state index is 4.49. The van der Waals surface area contributed by atoms with E-state index in [-0.39, 0.29) is 0 Å². The number of pyridine rings is 2. The minimum Gasteiger partial charge on any atom is -0.316 e. The molecule has 0 spiro atoms. The quantitative estimate of drug-likeness (QED) is 0.788. The van der Waals surface area contributed by atoms with Crippen LogP contribution in [0.2, 0.25) is 0 Å². The fourth-order valence-electron chi connectivity index (χ4n) is 2.35. The maximum Gasteiger partial charge on any atom is 0.0732 e. The lowest BCUT2D eigenvalue weighted by atomic mass is 9.92. The molecule has 0 saturated carbocycles. The monoisotopic (exact) mass is 213 g/mol. The molecule has 1 unspecified atom stereocenters. The van der Waals surface area contributed by atoms with Crippen molar-refractivity contribution in [3.8, 4) is 0 Å². The highest BCUT2D eigenvalue weighted by Gasteiger charge is 2.15. The van der Waals surface area contributed by atoms with Crippen LogP contribution in [-0.4, -0.2) is 23.1 Å². The first-order chi connectivity index (χ1) is 7.93. The van der Waals surface area contributed by atoms with Crippen molar-refractivity contribution in [2.45, 2.75) is 18.8 Å². The Hall–Kier alpha value is -1.48. The summed E-state index contributed by atoms with van der Waals surface area (Å²) in [6.45, 7) is 2.23. The Morgan fingerprint density at radius 2 is 2.31 bits per heavy atom. The van der Waals surface area contributed by atoms with Crippen LogP contribution in [0.3, 0.4) is 0 Å². The second-order valence-corrected chi connectivity index (χ2v) is 4.38. The number of fused-ring (bicyclic) bond motifs is 1. The highest BCUT2D eigenvalue weighted by molar-refractivity contribution is 5.77. The zero-order valence-electron chi connectivity index (χ0n) is 9.19. The Balaban J connectivity index is 1.97. The van der Waals surface area contributed by atoms with E-state index in [4.69, 9.17) is 0 Å². The Kier molecular flexibility index (Phi) is 2.54. The van der Waals surface area contributed by atoms with Crippen molar-refractivity contribution in [1.29, 1.82) is 0 Å². The minimum atomic E-state index is 0.617. The van der Waals surface area contributed by atoms with Crippen LogP contribution < -0.4 is 5.32 Å². The lowest BCUT2D eigenvalue weighted by Gasteiger charge is -2.22. The molecule has 3 heterocycles. The number of hydrogen-bond acceptors (Lipinski definition) is 3. The molecule has 2 aromatic rings. The minimum absolute atomic E-state index is 0.617. The van der Waals surface area contributed by atoms with Crippen molar-refractivity contribution in [3.63, 3.8) is 0 Å². The molecular formula is C13H15N3.